The molecule has 4 aromatic heterocycles. The Morgan fingerprint density at radius 3 is 3.09 bits per heavy atom. The average Bonchev–Trinajstić information content (AvgIpc) is 3.54. The minimum Gasteiger partial charge on any atom is -0.352 e. The number of rotatable bonds is 5. The van der Waals surface area contributed by atoms with Gasteiger partial charge >= 0.3 is 0 Å². The average molecular weight is 450 g/mol. The molecule has 1 fully saturated rings. The molecular formula is C21H20ClN9O. The van der Waals surface area contributed by atoms with Crippen LogP contribution in [0, 0.1) is 17.2 Å². The van der Waals surface area contributed by atoms with E-state index in [4.69, 9.17) is 11.6 Å². The van der Waals surface area contributed by atoms with Crippen molar-refractivity contribution in [2.75, 3.05) is 18.0 Å². The first-order chi connectivity index (χ1) is 15.5. The number of anilines is 1. The van der Waals surface area contributed by atoms with E-state index in [1.807, 2.05) is 28.0 Å². The molecule has 0 aliphatic carbocycles. The van der Waals surface area contributed by atoms with E-state index in [1.165, 1.54) is 17.1 Å². The van der Waals surface area contributed by atoms with Crippen molar-refractivity contribution in [3.05, 3.63) is 52.7 Å². The van der Waals surface area contributed by atoms with E-state index in [0.717, 1.165) is 28.7 Å². The van der Waals surface area contributed by atoms with Crippen LogP contribution in [0.1, 0.15) is 18.9 Å². The van der Waals surface area contributed by atoms with Crippen LogP contribution in [0.5, 0.6) is 0 Å². The van der Waals surface area contributed by atoms with Gasteiger partial charge in [0, 0.05) is 55.6 Å². The molecule has 0 spiro atoms. The van der Waals surface area contributed by atoms with Gasteiger partial charge in [-0.25, -0.2) is 15.0 Å². The van der Waals surface area contributed by atoms with Crippen molar-refractivity contribution in [1.29, 1.82) is 5.26 Å². The number of nitriles is 1. The van der Waals surface area contributed by atoms with Crippen molar-refractivity contribution < 1.29 is 0 Å². The summed E-state index contributed by atoms with van der Waals surface area (Å²) >= 11 is 6.07. The monoisotopic (exact) mass is 449 g/mol. The third-order valence-electron chi connectivity index (χ3n) is 5.96. The number of fused-ring (bicyclic) bond motifs is 1. The van der Waals surface area contributed by atoms with Crippen LogP contribution >= 0.6 is 11.6 Å². The molecule has 11 heteroatoms. The van der Waals surface area contributed by atoms with Crippen molar-refractivity contribution in [3.8, 4) is 17.3 Å². The lowest BCUT2D eigenvalue weighted by atomic mass is 9.96. The molecule has 2 unspecified atom stereocenters. The predicted octanol–water partition coefficient (Wildman–Crippen LogP) is 2.55. The fourth-order valence-electron chi connectivity index (χ4n) is 4.37. The van der Waals surface area contributed by atoms with Crippen LogP contribution in [0.25, 0.3) is 22.3 Å². The van der Waals surface area contributed by atoms with Gasteiger partial charge in [-0.3, -0.25) is 9.48 Å². The van der Waals surface area contributed by atoms with Crippen LogP contribution in [0.15, 0.2) is 42.0 Å². The van der Waals surface area contributed by atoms with E-state index in [1.54, 1.807) is 13.2 Å². The maximum absolute atomic E-state index is 12.5. The van der Waals surface area contributed by atoms with Gasteiger partial charge in [-0.05, 0) is 12.5 Å². The lowest BCUT2D eigenvalue weighted by molar-refractivity contribution is 0.332. The normalized spacial score (nSPS) is 17.0. The molecule has 5 rings (SSSR count). The molecule has 10 nitrogen and oxygen atoms in total. The highest BCUT2D eigenvalue weighted by atomic mass is 35.5. The number of nitrogens with one attached hydrogen (secondary N) is 1. The topological polar surface area (TPSA) is 121 Å². The highest BCUT2D eigenvalue weighted by molar-refractivity contribution is 6.29. The summed E-state index contributed by atoms with van der Waals surface area (Å²) in [5.41, 5.74) is 2.23. The van der Waals surface area contributed by atoms with Gasteiger partial charge in [-0.2, -0.15) is 10.4 Å². The molecule has 1 N–H and O–H groups in total. The number of aromatic nitrogens is 7. The highest BCUT2D eigenvalue weighted by Gasteiger charge is 2.33. The largest absolute Gasteiger partial charge is 0.352 e. The van der Waals surface area contributed by atoms with Crippen LogP contribution in [0.2, 0.25) is 5.15 Å². The van der Waals surface area contributed by atoms with Crippen molar-refractivity contribution in [2.45, 2.75) is 18.9 Å². The third kappa shape index (κ3) is 3.50. The lowest BCUT2D eigenvalue weighted by Gasteiger charge is -2.23. The molecule has 32 heavy (non-hydrogen) atoms. The second-order valence-electron chi connectivity index (χ2n) is 7.90. The Kier molecular flexibility index (Phi) is 5.11. The summed E-state index contributed by atoms with van der Waals surface area (Å²) in [5.74, 6) is 0.473. The Labute approximate surface area is 188 Å². The van der Waals surface area contributed by atoms with Crippen LogP contribution < -0.4 is 10.5 Å². The Bertz CT molecular complexity index is 1380. The number of H-pyrrole nitrogens is 1. The number of aromatic amines is 1. The van der Waals surface area contributed by atoms with Crippen LogP contribution in [-0.2, 0) is 7.05 Å². The van der Waals surface area contributed by atoms with Gasteiger partial charge in [-0.1, -0.05) is 11.6 Å². The van der Waals surface area contributed by atoms with E-state index in [-0.39, 0.29) is 22.7 Å². The fraction of sp³-hybridized carbons (Fsp3) is 0.333. The fourth-order valence-corrected chi connectivity index (χ4v) is 4.59. The maximum atomic E-state index is 12.5. The Hall–Kier alpha value is -3.71. The summed E-state index contributed by atoms with van der Waals surface area (Å²) < 4.78 is 3.28. The SMILES string of the molecule is Cn1cc(Cl)nc(N2CCC(C(CC#N)n3cc(-c4ncnc5[nH]ccc45)cn3)C2)c1=O. The molecule has 0 radical (unpaired) electrons. The minimum absolute atomic E-state index is 0.130. The van der Waals surface area contributed by atoms with E-state index < -0.39 is 0 Å². The van der Waals surface area contributed by atoms with Crippen molar-refractivity contribution in [3.63, 3.8) is 0 Å². The van der Waals surface area contributed by atoms with Crippen molar-refractivity contribution in [1.82, 2.24) is 34.3 Å². The number of halogens is 1. The maximum Gasteiger partial charge on any atom is 0.293 e. The minimum atomic E-state index is -0.187. The van der Waals surface area contributed by atoms with E-state index in [9.17, 15) is 10.1 Å². The highest BCUT2D eigenvalue weighted by Crippen LogP contribution is 2.33. The number of hydrogen-bond donors (Lipinski definition) is 1. The standard InChI is InChI=1S/C21H20ClN9O/c1-29-11-17(22)28-20(21(29)32)30-7-4-13(9-30)16(2-5-23)31-10-14(8-27-31)18-15-3-6-24-19(15)26-12-25-18/h3,6,8,10-13,16H,2,4,7,9H2,1H3,(H,24,25,26). The smallest absolute Gasteiger partial charge is 0.293 e. The van der Waals surface area contributed by atoms with Gasteiger partial charge in [0.2, 0.25) is 0 Å². The molecule has 2 atom stereocenters. The molecule has 5 heterocycles. The molecule has 1 aliphatic rings. The number of hydrogen-bond acceptors (Lipinski definition) is 7. The summed E-state index contributed by atoms with van der Waals surface area (Å²) in [6, 6.07) is 4.09. The molecule has 0 amide bonds. The van der Waals surface area contributed by atoms with Crippen LogP contribution in [0.4, 0.5) is 5.82 Å². The molecule has 1 saturated heterocycles. The van der Waals surface area contributed by atoms with E-state index in [2.05, 4.69) is 31.1 Å². The lowest BCUT2D eigenvalue weighted by Crippen LogP contribution is -2.32. The van der Waals surface area contributed by atoms with Crippen molar-refractivity contribution in [2.24, 2.45) is 13.0 Å². The second kappa shape index (κ2) is 8.09. The molecule has 1 aliphatic heterocycles. The van der Waals surface area contributed by atoms with Gasteiger partial charge in [0.25, 0.3) is 5.56 Å². The quantitative estimate of drug-likeness (QED) is 0.496. The third-order valence-corrected chi connectivity index (χ3v) is 6.14. The summed E-state index contributed by atoms with van der Waals surface area (Å²) in [6.07, 6.45) is 9.66. The van der Waals surface area contributed by atoms with Gasteiger partial charge in [-0.15, -0.1) is 0 Å². The van der Waals surface area contributed by atoms with Gasteiger partial charge in [0.05, 0.1) is 30.4 Å². The summed E-state index contributed by atoms with van der Waals surface area (Å²) in [5, 5.41) is 15.2. The van der Waals surface area contributed by atoms with Gasteiger partial charge in [0.1, 0.15) is 17.1 Å². The first kappa shape index (κ1) is 20.2. The van der Waals surface area contributed by atoms with Gasteiger partial charge < -0.3 is 14.5 Å². The molecule has 4 aromatic rings. The van der Waals surface area contributed by atoms with E-state index >= 15 is 0 Å². The second-order valence-corrected chi connectivity index (χ2v) is 8.29. The van der Waals surface area contributed by atoms with E-state index in [0.29, 0.717) is 25.3 Å². The predicted molar refractivity (Wildman–Crippen MR) is 119 cm³/mol. The molecule has 0 saturated carbocycles. The number of aryl methyl sites for hydroxylation is 1. The zero-order valence-corrected chi connectivity index (χ0v) is 18.1. The number of nitrogens with zero attached hydrogens (tertiary/aromatic N) is 8. The van der Waals surface area contributed by atoms with Crippen LogP contribution in [0.3, 0.4) is 0 Å². The molecular weight excluding hydrogens is 430 g/mol. The summed E-state index contributed by atoms with van der Waals surface area (Å²) in [7, 11) is 1.66. The Morgan fingerprint density at radius 2 is 2.25 bits per heavy atom. The summed E-state index contributed by atoms with van der Waals surface area (Å²) in [6.45, 7) is 1.26. The van der Waals surface area contributed by atoms with Gasteiger partial charge in [0.15, 0.2) is 5.82 Å². The molecule has 0 aromatic carbocycles. The first-order valence-corrected chi connectivity index (χ1v) is 10.6. The Balaban J connectivity index is 1.43. The van der Waals surface area contributed by atoms with Crippen LogP contribution in [-0.4, -0.2) is 47.4 Å². The molecule has 0 bridgehead atoms. The summed E-state index contributed by atoms with van der Waals surface area (Å²) in [4.78, 5) is 30.5. The Morgan fingerprint density at radius 1 is 1.38 bits per heavy atom. The zero-order valence-electron chi connectivity index (χ0n) is 17.3. The first-order valence-electron chi connectivity index (χ1n) is 10.2. The van der Waals surface area contributed by atoms with Crippen molar-refractivity contribution >= 4 is 28.5 Å². The zero-order chi connectivity index (χ0) is 22.2. The molecule has 162 valence electrons.